The zero-order chi connectivity index (χ0) is 23.6. The van der Waals surface area contributed by atoms with Crippen molar-refractivity contribution in [1.29, 1.82) is 0 Å². The van der Waals surface area contributed by atoms with Gasteiger partial charge in [0.2, 0.25) is 11.8 Å². The van der Waals surface area contributed by atoms with Crippen LogP contribution >= 0.6 is 35.0 Å². The van der Waals surface area contributed by atoms with E-state index < -0.39 is 6.04 Å². The van der Waals surface area contributed by atoms with Crippen molar-refractivity contribution in [2.45, 2.75) is 63.3 Å². The average Bonchev–Trinajstić information content (AvgIpc) is 2.82. The van der Waals surface area contributed by atoms with E-state index in [1.54, 1.807) is 17.0 Å². The third-order valence-corrected chi connectivity index (χ3v) is 7.65. The summed E-state index contributed by atoms with van der Waals surface area (Å²) in [5.41, 5.74) is 2.09. The van der Waals surface area contributed by atoms with Gasteiger partial charge in [-0.2, -0.15) is 0 Å². The molecule has 1 N–H and O–H groups in total. The van der Waals surface area contributed by atoms with Gasteiger partial charge in [0.25, 0.3) is 0 Å². The van der Waals surface area contributed by atoms with Gasteiger partial charge in [0.05, 0.1) is 5.75 Å². The van der Waals surface area contributed by atoms with Gasteiger partial charge in [-0.25, -0.2) is 0 Å². The van der Waals surface area contributed by atoms with Crippen molar-refractivity contribution in [1.82, 2.24) is 10.2 Å². The first-order chi connectivity index (χ1) is 15.9. The summed E-state index contributed by atoms with van der Waals surface area (Å²) in [5, 5.41) is 4.37. The number of carbonyl (C=O) groups excluding carboxylic acids is 2. The zero-order valence-electron chi connectivity index (χ0n) is 19.1. The molecule has 1 aliphatic carbocycles. The summed E-state index contributed by atoms with van der Waals surface area (Å²) in [7, 11) is 0. The summed E-state index contributed by atoms with van der Waals surface area (Å²) in [5.74, 6) is 0.799. The Bertz CT molecular complexity index is 920. The average molecular weight is 508 g/mol. The van der Waals surface area contributed by atoms with E-state index in [1.807, 2.05) is 43.3 Å². The lowest BCUT2D eigenvalue weighted by Crippen LogP contribution is -2.51. The Morgan fingerprint density at radius 3 is 2.52 bits per heavy atom. The molecular weight excluding hydrogens is 475 g/mol. The third kappa shape index (κ3) is 8.24. The van der Waals surface area contributed by atoms with Crippen LogP contribution in [0, 0.1) is 0 Å². The molecule has 4 nitrogen and oxygen atoms in total. The number of nitrogens with zero attached hydrogens (tertiary/aromatic N) is 1. The number of hydrogen-bond donors (Lipinski definition) is 1. The monoisotopic (exact) mass is 506 g/mol. The van der Waals surface area contributed by atoms with Crippen LogP contribution in [0.2, 0.25) is 10.0 Å². The first kappa shape index (κ1) is 25.9. The predicted molar refractivity (Wildman–Crippen MR) is 139 cm³/mol. The summed E-state index contributed by atoms with van der Waals surface area (Å²) >= 11 is 13.7. The normalized spacial score (nSPS) is 15.1. The second-order valence-electron chi connectivity index (χ2n) is 8.57. The van der Waals surface area contributed by atoms with Crippen LogP contribution < -0.4 is 5.32 Å². The number of carbonyl (C=O) groups is 2. The molecule has 1 atom stereocenters. The molecular formula is C26H32Cl2N2O2S. The summed E-state index contributed by atoms with van der Waals surface area (Å²) in [6, 6.07) is 15.2. The molecule has 1 aliphatic rings. The van der Waals surface area contributed by atoms with E-state index in [-0.39, 0.29) is 23.6 Å². The van der Waals surface area contributed by atoms with E-state index >= 15 is 0 Å². The lowest BCUT2D eigenvalue weighted by Gasteiger charge is -2.31. The molecule has 0 heterocycles. The molecule has 0 unspecified atom stereocenters. The van der Waals surface area contributed by atoms with Gasteiger partial charge >= 0.3 is 0 Å². The molecule has 0 aromatic heterocycles. The van der Waals surface area contributed by atoms with E-state index in [2.05, 4.69) is 5.32 Å². The topological polar surface area (TPSA) is 49.4 Å². The van der Waals surface area contributed by atoms with Crippen LogP contribution in [-0.2, 0) is 21.8 Å². The molecule has 0 radical (unpaired) electrons. The van der Waals surface area contributed by atoms with Crippen LogP contribution in [0.25, 0.3) is 0 Å². The Morgan fingerprint density at radius 1 is 1.09 bits per heavy atom. The Morgan fingerprint density at radius 2 is 1.82 bits per heavy atom. The molecule has 2 amide bonds. The maximum absolute atomic E-state index is 13.2. The Balaban J connectivity index is 1.61. The molecule has 7 heteroatoms. The molecule has 1 fully saturated rings. The van der Waals surface area contributed by atoms with Crippen molar-refractivity contribution >= 4 is 46.8 Å². The van der Waals surface area contributed by atoms with Crippen molar-refractivity contribution in [3.63, 3.8) is 0 Å². The highest BCUT2D eigenvalue weighted by molar-refractivity contribution is 7.99. The number of benzene rings is 2. The highest BCUT2D eigenvalue weighted by Gasteiger charge is 2.27. The summed E-state index contributed by atoms with van der Waals surface area (Å²) in [4.78, 5) is 27.9. The second kappa shape index (κ2) is 13.3. The lowest BCUT2D eigenvalue weighted by molar-refractivity contribution is -0.138. The molecule has 178 valence electrons. The van der Waals surface area contributed by atoms with Gasteiger partial charge in [-0.1, -0.05) is 78.9 Å². The van der Waals surface area contributed by atoms with Gasteiger partial charge in [0.15, 0.2) is 0 Å². The SMILES string of the molecule is C[C@H](C(=O)NC1CCCCC1)N(CCc1ccccc1)C(=O)CSCc1ccc(Cl)cc1Cl. The fraction of sp³-hybridized carbons (Fsp3) is 0.462. The number of amides is 2. The number of nitrogens with one attached hydrogen (secondary N) is 1. The molecule has 3 rings (SSSR count). The van der Waals surface area contributed by atoms with Gasteiger partial charge in [-0.15, -0.1) is 11.8 Å². The first-order valence-corrected chi connectivity index (χ1v) is 13.5. The lowest BCUT2D eigenvalue weighted by atomic mass is 9.95. The van der Waals surface area contributed by atoms with E-state index in [0.717, 1.165) is 36.8 Å². The minimum Gasteiger partial charge on any atom is -0.352 e. The molecule has 0 bridgehead atoms. The summed E-state index contributed by atoms with van der Waals surface area (Å²) in [6.45, 7) is 2.34. The van der Waals surface area contributed by atoms with Crippen LogP contribution in [0.15, 0.2) is 48.5 Å². The fourth-order valence-corrected chi connectivity index (χ4v) is 5.58. The fourth-order valence-electron chi connectivity index (χ4n) is 4.11. The predicted octanol–water partition coefficient (Wildman–Crippen LogP) is 6.14. The minimum absolute atomic E-state index is 0.0349. The number of thioether (sulfide) groups is 1. The largest absolute Gasteiger partial charge is 0.352 e. The molecule has 0 saturated heterocycles. The van der Waals surface area contributed by atoms with Gasteiger partial charge in [-0.3, -0.25) is 9.59 Å². The molecule has 1 saturated carbocycles. The second-order valence-corrected chi connectivity index (χ2v) is 10.4. The van der Waals surface area contributed by atoms with E-state index in [9.17, 15) is 9.59 Å². The van der Waals surface area contributed by atoms with Crippen molar-refractivity contribution in [2.75, 3.05) is 12.3 Å². The Labute approximate surface area is 211 Å². The van der Waals surface area contributed by atoms with E-state index in [4.69, 9.17) is 23.2 Å². The summed E-state index contributed by atoms with van der Waals surface area (Å²) in [6.07, 6.45) is 6.29. The van der Waals surface area contributed by atoms with Crippen LogP contribution in [0.4, 0.5) is 0 Å². The highest BCUT2D eigenvalue weighted by atomic mass is 35.5. The quantitative estimate of drug-likeness (QED) is 0.421. The molecule has 2 aromatic carbocycles. The van der Waals surface area contributed by atoms with E-state index in [1.165, 1.54) is 18.2 Å². The minimum atomic E-state index is -0.511. The number of halogens is 2. The maximum atomic E-state index is 13.2. The van der Waals surface area contributed by atoms with Crippen LogP contribution in [0.5, 0.6) is 0 Å². The van der Waals surface area contributed by atoms with Crippen LogP contribution in [-0.4, -0.2) is 41.1 Å². The Hall–Kier alpha value is -1.69. The Kier molecular flexibility index (Phi) is 10.4. The zero-order valence-corrected chi connectivity index (χ0v) is 21.4. The summed E-state index contributed by atoms with van der Waals surface area (Å²) < 4.78 is 0. The highest BCUT2D eigenvalue weighted by Crippen LogP contribution is 2.25. The third-order valence-electron chi connectivity index (χ3n) is 6.10. The van der Waals surface area contributed by atoms with Gasteiger partial charge in [0, 0.05) is 28.4 Å². The molecule has 2 aromatic rings. The van der Waals surface area contributed by atoms with E-state index in [0.29, 0.717) is 28.8 Å². The van der Waals surface area contributed by atoms with Crippen molar-refractivity contribution in [3.8, 4) is 0 Å². The number of hydrogen-bond acceptors (Lipinski definition) is 3. The van der Waals surface area contributed by atoms with Gasteiger partial charge in [-0.05, 0) is 49.4 Å². The van der Waals surface area contributed by atoms with Crippen molar-refractivity contribution in [2.24, 2.45) is 0 Å². The van der Waals surface area contributed by atoms with Crippen molar-refractivity contribution in [3.05, 3.63) is 69.7 Å². The smallest absolute Gasteiger partial charge is 0.242 e. The maximum Gasteiger partial charge on any atom is 0.242 e. The first-order valence-electron chi connectivity index (χ1n) is 11.6. The van der Waals surface area contributed by atoms with Gasteiger partial charge in [0.1, 0.15) is 6.04 Å². The van der Waals surface area contributed by atoms with Crippen LogP contribution in [0.3, 0.4) is 0 Å². The molecule has 0 aliphatic heterocycles. The van der Waals surface area contributed by atoms with Crippen LogP contribution in [0.1, 0.15) is 50.2 Å². The molecule has 33 heavy (non-hydrogen) atoms. The van der Waals surface area contributed by atoms with Gasteiger partial charge < -0.3 is 10.2 Å². The molecule has 0 spiro atoms. The van der Waals surface area contributed by atoms with Crippen molar-refractivity contribution < 1.29 is 9.59 Å². The standard InChI is InChI=1S/C26H32Cl2N2O2S/c1-19(26(32)29-23-10-6-3-7-11-23)30(15-14-20-8-4-2-5-9-20)25(31)18-33-17-21-12-13-22(27)16-24(21)28/h2,4-5,8-9,12-13,16,19,23H,3,6-7,10-11,14-15,17-18H2,1H3,(H,29,32)/t19-/m1/s1. The number of rotatable bonds is 10.